The molecule has 0 fully saturated rings. The fraction of sp³-hybridized carbons (Fsp3) is 0.500. The Hall–Kier alpha value is -2.54. The maximum atomic E-state index is 13.1. The third-order valence-electron chi connectivity index (χ3n) is 5.10. The molecule has 0 radical (unpaired) electrons. The summed E-state index contributed by atoms with van der Waals surface area (Å²) in [6, 6.07) is 9.46. The first kappa shape index (κ1) is 24.7. The van der Waals surface area contributed by atoms with Crippen LogP contribution in [0.1, 0.15) is 56.8 Å². The second kappa shape index (κ2) is 10.2. The highest BCUT2D eigenvalue weighted by Crippen LogP contribution is 2.27. The molecule has 2 rings (SSSR count). The number of nitrogens with one attached hydrogen (secondary N) is 2. The number of thiophene rings is 1. The van der Waals surface area contributed by atoms with Crippen LogP contribution in [0, 0.1) is 5.92 Å². The van der Waals surface area contributed by atoms with Crippen molar-refractivity contribution in [2.75, 3.05) is 24.3 Å². The largest absolute Gasteiger partial charge is 0.377 e. The monoisotopic (exact) mass is 444 g/mol. The third-order valence-corrected chi connectivity index (χ3v) is 5.97. The molecule has 3 amide bonds. The molecular formula is C24H36N4O2S. The highest BCUT2D eigenvalue weighted by molar-refractivity contribution is 7.12. The molecule has 2 aromatic rings. The molecule has 170 valence electrons. The molecule has 7 heteroatoms. The lowest BCUT2D eigenvalue weighted by Crippen LogP contribution is -2.52. The fourth-order valence-electron chi connectivity index (χ4n) is 3.16. The van der Waals surface area contributed by atoms with E-state index in [2.05, 4.69) is 31.4 Å². The van der Waals surface area contributed by atoms with Crippen molar-refractivity contribution in [3.8, 4) is 0 Å². The molecule has 0 spiro atoms. The van der Waals surface area contributed by atoms with Gasteiger partial charge in [-0.05, 0) is 68.8 Å². The summed E-state index contributed by atoms with van der Waals surface area (Å²) < 4.78 is 0. The van der Waals surface area contributed by atoms with Crippen LogP contribution in [0.5, 0.6) is 0 Å². The van der Waals surface area contributed by atoms with Gasteiger partial charge in [-0.2, -0.15) is 0 Å². The van der Waals surface area contributed by atoms with Crippen molar-refractivity contribution in [2.24, 2.45) is 5.92 Å². The van der Waals surface area contributed by atoms with Gasteiger partial charge in [-0.3, -0.25) is 4.79 Å². The first-order valence-corrected chi connectivity index (χ1v) is 11.5. The second-order valence-corrected chi connectivity index (χ2v) is 10.4. The Bertz CT molecular complexity index is 885. The summed E-state index contributed by atoms with van der Waals surface area (Å²) in [6.07, 6.45) is 0. The zero-order valence-electron chi connectivity index (χ0n) is 19.9. The van der Waals surface area contributed by atoms with Gasteiger partial charge in [0.15, 0.2) is 0 Å². The van der Waals surface area contributed by atoms with Gasteiger partial charge in [0.1, 0.15) is 0 Å². The number of anilines is 2. The van der Waals surface area contributed by atoms with Gasteiger partial charge in [0, 0.05) is 43.6 Å². The molecule has 6 nitrogen and oxygen atoms in total. The van der Waals surface area contributed by atoms with Crippen LogP contribution in [-0.4, -0.2) is 42.5 Å². The molecule has 0 aliphatic carbocycles. The van der Waals surface area contributed by atoms with Gasteiger partial charge in [0.05, 0.1) is 4.88 Å². The fourth-order valence-corrected chi connectivity index (χ4v) is 3.78. The van der Waals surface area contributed by atoms with Crippen LogP contribution in [0.2, 0.25) is 0 Å². The summed E-state index contributed by atoms with van der Waals surface area (Å²) in [4.78, 5) is 30.2. The minimum Gasteiger partial charge on any atom is -0.377 e. The van der Waals surface area contributed by atoms with Crippen molar-refractivity contribution in [3.05, 3.63) is 46.2 Å². The lowest BCUT2D eigenvalue weighted by Gasteiger charge is -2.35. The van der Waals surface area contributed by atoms with E-state index in [0.29, 0.717) is 23.0 Å². The first-order valence-electron chi connectivity index (χ1n) is 10.6. The van der Waals surface area contributed by atoms with Gasteiger partial charge in [0.25, 0.3) is 5.91 Å². The van der Waals surface area contributed by atoms with E-state index in [1.165, 1.54) is 11.3 Å². The lowest BCUT2D eigenvalue weighted by molar-refractivity contribution is 0.103. The lowest BCUT2D eigenvalue weighted by atomic mass is 10.0. The van der Waals surface area contributed by atoms with Crippen molar-refractivity contribution in [2.45, 2.75) is 59.7 Å². The van der Waals surface area contributed by atoms with Crippen molar-refractivity contribution < 1.29 is 9.59 Å². The van der Waals surface area contributed by atoms with Gasteiger partial charge >= 0.3 is 6.03 Å². The van der Waals surface area contributed by atoms with E-state index in [9.17, 15) is 9.59 Å². The van der Waals surface area contributed by atoms with E-state index in [0.717, 1.165) is 11.3 Å². The number of amides is 3. The molecule has 31 heavy (non-hydrogen) atoms. The topological polar surface area (TPSA) is 64.7 Å². The number of benzene rings is 1. The van der Waals surface area contributed by atoms with Crippen LogP contribution in [0.15, 0.2) is 35.7 Å². The summed E-state index contributed by atoms with van der Waals surface area (Å²) in [5.74, 6) is 0.173. The van der Waals surface area contributed by atoms with Crippen LogP contribution in [-0.2, 0) is 6.54 Å². The molecule has 0 saturated carbocycles. The summed E-state index contributed by atoms with van der Waals surface area (Å²) in [5, 5.41) is 7.96. The summed E-state index contributed by atoms with van der Waals surface area (Å²) in [6.45, 7) is 12.7. The highest BCUT2D eigenvalue weighted by atomic mass is 32.1. The Morgan fingerprint density at radius 1 is 1.10 bits per heavy atom. The van der Waals surface area contributed by atoms with Crippen LogP contribution in [0.4, 0.5) is 16.2 Å². The molecule has 0 unspecified atom stereocenters. The van der Waals surface area contributed by atoms with Crippen LogP contribution in [0.25, 0.3) is 0 Å². The number of carbonyl (C=O) groups is 2. The Morgan fingerprint density at radius 2 is 1.77 bits per heavy atom. The quantitative estimate of drug-likeness (QED) is 0.599. The minimum atomic E-state index is -0.326. The maximum Gasteiger partial charge on any atom is 0.318 e. The van der Waals surface area contributed by atoms with Crippen LogP contribution in [0.3, 0.4) is 0 Å². The second-order valence-electron chi connectivity index (χ2n) is 9.46. The average molecular weight is 445 g/mol. The predicted molar refractivity (Wildman–Crippen MR) is 131 cm³/mol. The normalized spacial score (nSPS) is 12.4. The summed E-state index contributed by atoms with van der Waals surface area (Å²) >= 11 is 1.41. The molecule has 1 aromatic carbocycles. The van der Waals surface area contributed by atoms with Crippen LogP contribution >= 0.6 is 11.3 Å². The van der Waals surface area contributed by atoms with Gasteiger partial charge in [-0.25, -0.2) is 4.79 Å². The van der Waals surface area contributed by atoms with Gasteiger partial charge < -0.3 is 20.4 Å². The number of nitrogens with zero attached hydrogens (tertiary/aromatic N) is 2. The minimum absolute atomic E-state index is 0.0433. The number of hydrogen-bond acceptors (Lipinski definition) is 4. The van der Waals surface area contributed by atoms with E-state index in [4.69, 9.17) is 0 Å². The standard InChI is InChI=1S/C24H36N4O2S/c1-16(2)17(3)28(23(30)26-24(4,5)6)15-18-14-19(11-12-20(18)27(7)8)25-22(29)21-10-9-13-31-21/h9-14,16-17H,15H2,1-8H3,(H,25,29)(H,26,30)/t17-/m0/s1. The van der Waals surface area contributed by atoms with Crippen molar-refractivity contribution in [1.82, 2.24) is 10.2 Å². The van der Waals surface area contributed by atoms with Crippen molar-refractivity contribution in [3.63, 3.8) is 0 Å². The summed E-state index contributed by atoms with van der Waals surface area (Å²) in [5.41, 5.74) is 2.38. The summed E-state index contributed by atoms with van der Waals surface area (Å²) in [7, 11) is 3.96. The molecule has 1 aromatic heterocycles. The van der Waals surface area contributed by atoms with Gasteiger partial charge in [0.2, 0.25) is 0 Å². The Kier molecular flexibility index (Phi) is 8.12. The SMILES string of the molecule is CC(C)[C@H](C)N(Cc1cc(NC(=O)c2cccs2)ccc1N(C)C)C(=O)NC(C)(C)C. The smallest absolute Gasteiger partial charge is 0.318 e. The van der Waals surface area contributed by atoms with E-state index in [-0.39, 0.29) is 23.5 Å². The van der Waals surface area contributed by atoms with E-state index < -0.39 is 0 Å². The highest BCUT2D eigenvalue weighted by Gasteiger charge is 2.27. The first-order chi connectivity index (χ1) is 14.4. The number of rotatable bonds is 7. The number of hydrogen-bond donors (Lipinski definition) is 2. The van der Waals surface area contributed by atoms with E-state index >= 15 is 0 Å². The Balaban J connectivity index is 2.36. The molecule has 1 heterocycles. The van der Waals surface area contributed by atoms with Crippen LogP contribution < -0.4 is 15.5 Å². The number of urea groups is 1. The van der Waals surface area contributed by atoms with Crippen molar-refractivity contribution in [1.29, 1.82) is 0 Å². The van der Waals surface area contributed by atoms with E-state index in [1.807, 2.05) is 74.3 Å². The Morgan fingerprint density at radius 3 is 2.29 bits per heavy atom. The molecule has 0 saturated heterocycles. The van der Waals surface area contributed by atoms with Gasteiger partial charge in [-0.1, -0.05) is 19.9 Å². The molecule has 0 aliphatic rings. The zero-order valence-corrected chi connectivity index (χ0v) is 20.8. The van der Waals surface area contributed by atoms with Crippen molar-refractivity contribution >= 4 is 34.6 Å². The molecule has 2 N–H and O–H groups in total. The molecule has 0 aliphatic heterocycles. The Labute approximate surface area is 190 Å². The zero-order chi connectivity index (χ0) is 23.3. The molecular weight excluding hydrogens is 408 g/mol. The predicted octanol–water partition coefficient (Wildman–Crippen LogP) is 5.42. The molecule has 1 atom stereocenters. The van der Waals surface area contributed by atoms with Gasteiger partial charge in [-0.15, -0.1) is 11.3 Å². The maximum absolute atomic E-state index is 13.1. The third kappa shape index (κ3) is 6.99. The average Bonchev–Trinajstić information content (AvgIpc) is 3.18. The van der Waals surface area contributed by atoms with E-state index in [1.54, 1.807) is 6.07 Å². The number of carbonyl (C=O) groups excluding carboxylic acids is 2. The molecule has 0 bridgehead atoms.